The number of methoxy groups -OCH3 is 1. The van der Waals surface area contributed by atoms with Gasteiger partial charge in [0.2, 0.25) is 5.88 Å². The molecule has 0 amide bonds. The van der Waals surface area contributed by atoms with E-state index in [1.165, 1.54) is 7.11 Å². The Kier molecular flexibility index (Phi) is 4.70. The number of rotatable bonds is 3. The van der Waals surface area contributed by atoms with Crippen LogP contribution in [-0.2, 0) is 9.53 Å². The Bertz CT molecular complexity index is 1190. The van der Waals surface area contributed by atoms with E-state index in [9.17, 15) is 9.59 Å². The molecule has 0 saturated carbocycles. The molecule has 6 heteroatoms. The Hall–Kier alpha value is -3.67. The first-order valence-electron chi connectivity index (χ1n) is 10.3. The Labute approximate surface area is 179 Å². The SMILES string of the molecule is COC(=O)c1ccc([C@@H]2C3=C(C[C@@H](c4ccccc4)CC3=O)Nc3onc(C)c32)cc1. The second-order valence-electron chi connectivity index (χ2n) is 8.01. The van der Waals surface area contributed by atoms with Crippen molar-refractivity contribution >= 4 is 17.6 Å². The molecule has 31 heavy (non-hydrogen) atoms. The van der Waals surface area contributed by atoms with E-state index in [1.54, 1.807) is 12.1 Å². The van der Waals surface area contributed by atoms with E-state index in [0.717, 1.165) is 40.1 Å². The van der Waals surface area contributed by atoms with Gasteiger partial charge >= 0.3 is 5.97 Å². The Morgan fingerprint density at radius 3 is 2.52 bits per heavy atom. The summed E-state index contributed by atoms with van der Waals surface area (Å²) in [6, 6.07) is 17.3. The Morgan fingerprint density at radius 1 is 1.06 bits per heavy atom. The number of aryl methyl sites for hydroxylation is 1. The summed E-state index contributed by atoms with van der Waals surface area (Å²) in [5.74, 6) is 0.148. The zero-order chi connectivity index (χ0) is 21.5. The average Bonchev–Trinajstić information content (AvgIpc) is 3.18. The molecular formula is C25H22N2O4. The van der Waals surface area contributed by atoms with E-state index in [-0.39, 0.29) is 17.6 Å². The van der Waals surface area contributed by atoms with Crippen molar-refractivity contribution in [2.24, 2.45) is 0 Å². The second kappa shape index (κ2) is 7.54. The zero-order valence-electron chi connectivity index (χ0n) is 17.3. The molecule has 1 aliphatic carbocycles. The molecule has 1 aromatic heterocycles. The molecule has 3 aromatic rings. The standard InChI is InChI=1S/C25H22N2O4/c1-14-21-22(16-8-10-17(11-9-16)25(29)30-2)23-19(26-24(21)31-27-14)12-18(13-20(23)28)15-6-4-3-5-7-15/h3-11,18,22,26H,12-13H2,1-2H3/t18-,22+/m1/s1. The van der Waals surface area contributed by atoms with Gasteiger partial charge in [0.25, 0.3) is 0 Å². The zero-order valence-corrected chi connectivity index (χ0v) is 17.3. The smallest absolute Gasteiger partial charge is 0.337 e. The number of nitrogens with zero attached hydrogens (tertiary/aromatic N) is 1. The van der Waals surface area contributed by atoms with Crippen LogP contribution >= 0.6 is 0 Å². The van der Waals surface area contributed by atoms with Crippen molar-refractivity contribution in [1.29, 1.82) is 0 Å². The number of Topliss-reactive ketones (excluding diaryl/α,β-unsaturated/α-hetero) is 1. The number of hydrogen-bond acceptors (Lipinski definition) is 6. The molecule has 156 valence electrons. The summed E-state index contributed by atoms with van der Waals surface area (Å²) < 4.78 is 10.4. The first kappa shape index (κ1) is 19.3. The normalized spacial score (nSPS) is 20.0. The van der Waals surface area contributed by atoms with E-state index < -0.39 is 5.97 Å². The number of ketones is 1. The molecule has 0 spiro atoms. The maximum Gasteiger partial charge on any atom is 0.337 e. The monoisotopic (exact) mass is 414 g/mol. The topological polar surface area (TPSA) is 81.4 Å². The number of allylic oxidation sites excluding steroid dienone is 2. The summed E-state index contributed by atoms with van der Waals surface area (Å²) in [5, 5.41) is 7.49. The van der Waals surface area contributed by atoms with Crippen LogP contribution < -0.4 is 5.32 Å². The summed E-state index contributed by atoms with van der Waals surface area (Å²) in [7, 11) is 1.36. The van der Waals surface area contributed by atoms with E-state index in [0.29, 0.717) is 17.9 Å². The van der Waals surface area contributed by atoms with E-state index in [1.807, 2.05) is 37.3 Å². The summed E-state index contributed by atoms with van der Waals surface area (Å²) >= 11 is 0. The van der Waals surface area contributed by atoms with Crippen LogP contribution in [0.1, 0.15) is 57.4 Å². The van der Waals surface area contributed by atoms with Gasteiger partial charge in [0.05, 0.1) is 23.9 Å². The van der Waals surface area contributed by atoms with Crippen LogP contribution in [0.25, 0.3) is 0 Å². The van der Waals surface area contributed by atoms with Crippen molar-refractivity contribution in [3.63, 3.8) is 0 Å². The molecule has 0 bridgehead atoms. The van der Waals surface area contributed by atoms with Crippen molar-refractivity contribution in [2.45, 2.75) is 31.6 Å². The molecule has 5 rings (SSSR count). The molecule has 1 N–H and O–H groups in total. The van der Waals surface area contributed by atoms with Gasteiger partial charge in [0.1, 0.15) is 0 Å². The molecular weight excluding hydrogens is 392 g/mol. The predicted molar refractivity (Wildman–Crippen MR) is 115 cm³/mol. The van der Waals surface area contributed by atoms with Crippen molar-refractivity contribution in [1.82, 2.24) is 5.16 Å². The predicted octanol–water partition coefficient (Wildman–Crippen LogP) is 4.73. The van der Waals surface area contributed by atoms with Crippen molar-refractivity contribution in [3.05, 3.63) is 93.8 Å². The van der Waals surface area contributed by atoms with Crippen LogP contribution in [0.5, 0.6) is 0 Å². The van der Waals surface area contributed by atoms with Gasteiger partial charge in [-0.15, -0.1) is 0 Å². The van der Waals surface area contributed by atoms with Crippen LogP contribution in [0, 0.1) is 6.92 Å². The molecule has 6 nitrogen and oxygen atoms in total. The third-order valence-corrected chi connectivity index (χ3v) is 6.19. The second-order valence-corrected chi connectivity index (χ2v) is 8.01. The number of anilines is 1. The van der Waals surface area contributed by atoms with E-state index in [2.05, 4.69) is 22.6 Å². The lowest BCUT2D eigenvalue weighted by Crippen LogP contribution is -2.29. The van der Waals surface area contributed by atoms with Gasteiger partial charge < -0.3 is 14.6 Å². The van der Waals surface area contributed by atoms with Crippen molar-refractivity contribution in [3.8, 4) is 0 Å². The first-order chi connectivity index (χ1) is 15.1. The molecule has 2 atom stereocenters. The lowest BCUT2D eigenvalue weighted by Gasteiger charge is -2.34. The number of nitrogens with one attached hydrogen (secondary N) is 1. The number of carbonyl (C=O) groups is 2. The van der Waals surface area contributed by atoms with Crippen LogP contribution in [0.3, 0.4) is 0 Å². The van der Waals surface area contributed by atoms with Crippen molar-refractivity contribution in [2.75, 3.05) is 12.4 Å². The fraction of sp³-hybridized carbons (Fsp3) is 0.240. The third-order valence-electron chi connectivity index (χ3n) is 6.19. The number of aromatic nitrogens is 1. The molecule has 2 aromatic carbocycles. The van der Waals surface area contributed by atoms with Gasteiger partial charge in [0.15, 0.2) is 5.78 Å². The van der Waals surface area contributed by atoms with E-state index >= 15 is 0 Å². The maximum atomic E-state index is 13.4. The van der Waals surface area contributed by atoms with E-state index in [4.69, 9.17) is 9.26 Å². The minimum absolute atomic E-state index is 0.118. The van der Waals surface area contributed by atoms with Crippen LogP contribution in [0.2, 0.25) is 0 Å². The molecule has 0 saturated heterocycles. The number of benzene rings is 2. The maximum absolute atomic E-state index is 13.4. The highest BCUT2D eigenvalue weighted by Gasteiger charge is 2.41. The number of carbonyl (C=O) groups excluding carboxylic acids is 2. The van der Waals surface area contributed by atoms with Gasteiger partial charge in [-0.05, 0) is 42.5 Å². The largest absolute Gasteiger partial charge is 0.465 e. The third kappa shape index (κ3) is 3.24. The van der Waals surface area contributed by atoms with Crippen LogP contribution in [0.15, 0.2) is 70.4 Å². The number of esters is 1. The number of fused-ring (bicyclic) bond motifs is 1. The molecule has 0 radical (unpaired) electrons. The summed E-state index contributed by atoms with van der Waals surface area (Å²) in [6.45, 7) is 1.88. The van der Waals surface area contributed by atoms with Gasteiger partial charge in [-0.3, -0.25) is 4.79 Å². The molecule has 1 aliphatic heterocycles. The summed E-state index contributed by atoms with van der Waals surface area (Å²) in [4.78, 5) is 25.3. The highest BCUT2D eigenvalue weighted by molar-refractivity contribution is 6.01. The quantitative estimate of drug-likeness (QED) is 0.624. The summed E-state index contributed by atoms with van der Waals surface area (Å²) in [5.41, 5.74) is 5.80. The first-order valence-corrected chi connectivity index (χ1v) is 10.3. The Morgan fingerprint density at radius 2 is 1.81 bits per heavy atom. The highest BCUT2D eigenvalue weighted by atomic mass is 16.5. The minimum Gasteiger partial charge on any atom is -0.465 e. The summed E-state index contributed by atoms with van der Waals surface area (Å²) in [6.07, 6.45) is 1.18. The molecule has 0 fully saturated rings. The van der Waals surface area contributed by atoms with Gasteiger partial charge in [-0.25, -0.2) is 4.79 Å². The fourth-order valence-electron chi connectivity index (χ4n) is 4.70. The number of hydrogen-bond donors (Lipinski definition) is 1. The fourth-order valence-corrected chi connectivity index (χ4v) is 4.70. The molecule has 2 heterocycles. The lowest BCUT2D eigenvalue weighted by molar-refractivity contribution is -0.116. The number of ether oxygens (including phenoxy) is 1. The van der Waals surface area contributed by atoms with Crippen LogP contribution in [-0.4, -0.2) is 24.0 Å². The molecule has 0 unspecified atom stereocenters. The van der Waals surface area contributed by atoms with Crippen LogP contribution in [0.4, 0.5) is 5.88 Å². The highest BCUT2D eigenvalue weighted by Crippen LogP contribution is 2.48. The van der Waals surface area contributed by atoms with Gasteiger partial charge in [-0.2, -0.15) is 0 Å². The lowest BCUT2D eigenvalue weighted by atomic mass is 9.72. The Balaban J connectivity index is 1.59. The molecule has 2 aliphatic rings. The minimum atomic E-state index is -0.391. The van der Waals surface area contributed by atoms with Gasteiger partial charge in [-0.1, -0.05) is 47.6 Å². The van der Waals surface area contributed by atoms with Gasteiger partial charge in [0, 0.05) is 23.6 Å². The average molecular weight is 414 g/mol. The van der Waals surface area contributed by atoms with Crippen molar-refractivity contribution < 1.29 is 18.8 Å².